The van der Waals surface area contributed by atoms with E-state index in [2.05, 4.69) is 23.5 Å². The van der Waals surface area contributed by atoms with Crippen molar-refractivity contribution in [2.24, 2.45) is 18.9 Å². The van der Waals surface area contributed by atoms with Crippen molar-refractivity contribution in [2.45, 2.75) is 45.2 Å². The monoisotopic (exact) mass is 219 g/mol. The molecule has 0 amide bonds. The van der Waals surface area contributed by atoms with Gasteiger partial charge in [-0.1, -0.05) is 0 Å². The number of aromatic nitrogens is 2. The van der Waals surface area contributed by atoms with Crippen LogP contribution in [0.25, 0.3) is 0 Å². The fraction of sp³-hybridized carbons (Fsp3) is 0.769. The van der Waals surface area contributed by atoms with Gasteiger partial charge in [0.15, 0.2) is 0 Å². The smallest absolute Gasteiger partial charge is 0.0638 e. The van der Waals surface area contributed by atoms with E-state index in [-0.39, 0.29) is 0 Å². The molecule has 2 aliphatic rings. The molecule has 0 spiro atoms. The second-order valence-electron chi connectivity index (χ2n) is 5.49. The van der Waals surface area contributed by atoms with Crippen LogP contribution in [0, 0.1) is 18.8 Å². The normalized spacial score (nSPS) is 20.7. The van der Waals surface area contributed by atoms with E-state index in [0.29, 0.717) is 0 Å². The highest BCUT2D eigenvalue weighted by Crippen LogP contribution is 2.44. The van der Waals surface area contributed by atoms with Crippen LogP contribution in [-0.4, -0.2) is 15.8 Å². The van der Waals surface area contributed by atoms with Gasteiger partial charge in [0.05, 0.1) is 5.69 Å². The molecule has 2 aliphatic carbocycles. The predicted molar refractivity (Wildman–Crippen MR) is 64.0 cm³/mol. The molecule has 0 atom stereocenters. The van der Waals surface area contributed by atoms with E-state index < -0.39 is 0 Å². The zero-order valence-electron chi connectivity index (χ0n) is 10.2. The summed E-state index contributed by atoms with van der Waals surface area (Å²) in [6, 6.07) is 0.791. The summed E-state index contributed by atoms with van der Waals surface area (Å²) < 4.78 is 1.91. The van der Waals surface area contributed by atoms with Crippen LogP contribution in [0.5, 0.6) is 0 Å². The summed E-state index contributed by atoms with van der Waals surface area (Å²) in [6.45, 7) is 3.09. The second kappa shape index (κ2) is 3.88. The number of rotatable bonds is 5. The molecule has 1 heterocycles. The molecule has 3 rings (SSSR count). The molecule has 1 N–H and O–H groups in total. The molecule has 1 aromatic heterocycles. The van der Waals surface area contributed by atoms with Crippen molar-refractivity contribution in [3.8, 4) is 0 Å². The van der Waals surface area contributed by atoms with Gasteiger partial charge in [-0.2, -0.15) is 5.10 Å². The molecule has 0 aromatic carbocycles. The van der Waals surface area contributed by atoms with E-state index >= 15 is 0 Å². The number of nitrogens with one attached hydrogen (secondary N) is 1. The Kier molecular flexibility index (Phi) is 2.51. The van der Waals surface area contributed by atoms with Gasteiger partial charge in [0.2, 0.25) is 0 Å². The van der Waals surface area contributed by atoms with E-state index in [1.165, 1.54) is 36.9 Å². The third-order valence-corrected chi connectivity index (χ3v) is 3.90. The summed E-state index contributed by atoms with van der Waals surface area (Å²) in [5.41, 5.74) is 2.52. The molecule has 1 aromatic rings. The van der Waals surface area contributed by atoms with Gasteiger partial charge in [0, 0.05) is 31.4 Å². The molecule has 2 saturated carbocycles. The minimum Gasteiger partial charge on any atom is -0.309 e. The molecule has 3 heteroatoms. The van der Waals surface area contributed by atoms with Gasteiger partial charge in [-0.25, -0.2) is 0 Å². The zero-order valence-corrected chi connectivity index (χ0v) is 10.2. The third-order valence-electron chi connectivity index (χ3n) is 3.90. The fourth-order valence-corrected chi connectivity index (χ4v) is 2.68. The van der Waals surface area contributed by atoms with Crippen LogP contribution < -0.4 is 5.32 Å². The number of hydrogen-bond donors (Lipinski definition) is 1. The van der Waals surface area contributed by atoms with Gasteiger partial charge in [-0.15, -0.1) is 0 Å². The lowest BCUT2D eigenvalue weighted by molar-refractivity contribution is 0.415. The molecule has 0 saturated heterocycles. The Morgan fingerprint density at radius 2 is 2.00 bits per heavy atom. The number of aryl methyl sites for hydroxylation is 2. The van der Waals surface area contributed by atoms with Gasteiger partial charge in [-0.3, -0.25) is 4.68 Å². The van der Waals surface area contributed by atoms with Crippen molar-refractivity contribution in [1.82, 2.24) is 15.1 Å². The molecule has 0 bridgehead atoms. The van der Waals surface area contributed by atoms with E-state index in [0.717, 1.165) is 24.4 Å². The maximum atomic E-state index is 4.39. The van der Waals surface area contributed by atoms with Crippen molar-refractivity contribution >= 4 is 0 Å². The zero-order chi connectivity index (χ0) is 11.1. The first-order valence-corrected chi connectivity index (χ1v) is 6.46. The lowest BCUT2D eigenvalue weighted by Crippen LogP contribution is -2.32. The Morgan fingerprint density at radius 1 is 1.38 bits per heavy atom. The minimum atomic E-state index is 0.791. The molecule has 0 radical (unpaired) electrons. The molecule has 2 fully saturated rings. The Labute approximate surface area is 97.2 Å². The highest BCUT2D eigenvalue weighted by molar-refractivity contribution is 5.15. The highest BCUT2D eigenvalue weighted by Gasteiger charge is 2.40. The topological polar surface area (TPSA) is 29.9 Å². The van der Waals surface area contributed by atoms with Crippen molar-refractivity contribution in [3.05, 3.63) is 17.5 Å². The van der Waals surface area contributed by atoms with Crippen LogP contribution in [0.2, 0.25) is 0 Å². The molecule has 16 heavy (non-hydrogen) atoms. The first-order chi connectivity index (χ1) is 7.74. The first kappa shape index (κ1) is 10.3. The Balaban J connectivity index is 1.60. The lowest BCUT2D eigenvalue weighted by Gasteiger charge is -2.17. The van der Waals surface area contributed by atoms with Crippen LogP contribution in [0.4, 0.5) is 0 Å². The molecule has 0 unspecified atom stereocenters. The quantitative estimate of drug-likeness (QED) is 0.821. The third kappa shape index (κ3) is 2.14. The maximum absolute atomic E-state index is 4.39. The minimum absolute atomic E-state index is 0.791. The highest BCUT2D eigenvalue weighted by atomic mass is 15.3. The Morgan fingerprint density at radius 3 is 2.44 bits per heavy atom. The number of hydrogen-bond acceptors (Lipinski definition) is 2. The van der Waals surface area contributed by atoms with Gasteiger partial charge in [0.1, 0.15) is 0 Å². The Hall–Kier alpha value is -0.830. The summed E-state index contributed by atoms with van der Waals surface area (Å²) in [5, 5.41) is 8.15. The van der Waals surface area contributed by atoms with Gasteiger partial charge >= 0.3 is 0 Å². The van der Waals surface area contributed by atoms with Crippen LogP contribution >= 0.6 is 0 Å². The van der Waals surface area contributed by atoms with Gasteiger partial charge in [-0.05, 0) is 44.4 Å². The predicted octanol–water partition coefficient (Wildman–Crippen LogP) is 2.01. The van der Waals surface area contributed by atoms with Crippen LogP contribution in [0.1, 0.15) is 36.9 Å². The summed E-state index contributed by atoms with van der Waals surface area (Å²) >= 11 is 0. The summed E-state index contributed by atoms with van der Waals surface area (Å²) in [7, 11) is 2.00. The number of nitrogens with zero attached hydrogens (tertiary/aromatic N) is 2. The molecule has 88 valence electrons. The second-order valence-corrected chi connectivity index (χ2v) is 5.49. The van der Waals surface area contributed by atoms with Crippen molar-refractivity contribution in [3.63, 3.8) is 0 Å². The average Bonchev–Trinajstić information content (AvgIpc) is 3.11. The standard InChI is InChI=1S/C13H21N3/c1-9-12(8-16(2)15-9)7-14-13(10-3-4-10)11-5-6-11/h8,10-11,13-14H,3-7H2,1-2H3. The lowest BCUT2D eigenvalue weighted by atomic mass is 10.1. The SMILES string of the molecule is Cc1nn(C)cc1CNC(C1CC1)C1CC1. The van der Waals surface area contributed by atoms with E-state index in [1.54, 1.807) is 0 Å². The van der Waals surface area contributed by atoms with Gasteiger partial charge in [0.25, 0.3) is 0 Å². The summed E-state index contributed by atoms with van der Waals surface area (Å²) in [4.78, 5) is 0. The van der Waals surface area contributed by atoms with E-state index in [4.69, 9.17) is 0 Å². The largest absolute Gasteiger partial charge is 0.309 e. The van der Waals surface area contributed by atoms with Crippen LogP contribution in [-0.2, 0) is 13.6 Å². The molecule has 0 aliphatic heterocycles. The van der Waals surface area contributed by atoms with Crippen molar-refractivity contribution in [1.29, 1.82) is 0 Å². The molecule has 3 nitrogen and oxygen atoms in total. The van der Waals surface area contributed by atoms with Crippen LogP contribution in [0.15, 0.2) is 6.20 Å². The van der Waals surface area contributed by atoms with Gasteiger partial charge < -0.3 is 5.32 Å². The first-order valence-electron chi connectivity index (χ1n) is 6.46. The van der Waals surface area contributed by atoms with E-state index in [9.17, 15) is 0 Å². The molecular formula is C13H21N3. The van der Waals surface area contributed by atoms with Crippen molar-refractivity contribution in [2.75, 3.05) is 0 Å². The summed E-state index contributed by atoms with van der Waals surface area (Å²) in [5.74, 6) is 1.95. The maximum Gasteiger partial charge on any atom is 0.0638 e. The average molecular weight is 219 g/mol. The fourth-order valence-electron chi connectivity index (χ4n) is 2.68. The Bertz CT molecular complexity index is 363. The van der Waals surface area contributed by atoms with Crippen LogP contribution in [0.3, 0.4) is 0 Å². The van der Waals surface area contributed by atoms with Crippen molar-refractivity contribution < 1.29 is 0 Å². The molecular weight excluding hydrogens is 198 g/mol. The van der Waals surface area contributed by atoms with E-state index in [1.807, 2.05) is 11.7 Å². The summed E-state index contributed by atoms with van der Waals surface area (Å²) in [6.07, 6.45) is 7.92.